The highest BCUT2D eigenvalue weighted by Gasteiger charge is 2.17. The lowest BCUT2D eigenvalue weighted by Crippen LogP contribution is -2.29. The van der Waals surface area contributed by atoms with Crippen LogP contribution in [0.4, 0.5) is 24.7 Å². The molecule has 2 aromatic heterocycles. The number of hydrogen-bond donors (Lipinski definition) is 3. The average molecular weight is 419 g/mol. The summed E-state index contributed by atoms with van der Waals surface area (Å²) in [6.45, 7) is -0.939. The molecule has 30 heavy (non-hydrogen) atoms. The highest BCUT2D eigenvalue weighted by atomic mass is 19.3. The number of rotatable bonds is 7. The van der Waals surface area contributed by atoms with E-state index >= 15 is 0 Å². The van der Waals surface area contributed by atoms with Crippen molar-refractivity contribution in [1.29, 1.82) is 0 Å². The Morgan fingerprint density at radius 1 is 1.17 bits per heavy atom. The van der Waals surface area contributed by atoms with Crippen molar-refractivity contribution in [2.45, 2.75) is 13.0 Å². The molecule has 4 N–H and O–H groups in total. The third-order valence-electron chi connectivity index (χ3n) is 3.91. The zero-order valence-corrected chi connectivity index (χ0v) is 15.3. The fourth-order valence-corrected chi connectivity index (χ4v) is 2.55. The van der Waals surface area contributed by atoms with Crippen LogP contribution in [0.15, 0.2) is 43.0 Å². The Labute approximate surface area is 168 Å². The number of halogens is 3. The lowest BCUT2D eigenvalue weighted by molar-refractivity contribution is 0.0887. The lowest BCUT2D eigenvalue weighted by Gasteiger charge is -2.09. The van der Waals surface area contributed by atoms with Gasteiger partial charge in [-0.3, -0.25) is 14.3 Å². The number of carbonyl (C=O) groups is 2. The first-order valence-electron chi connectivity index (χ1n) is 8.59. The minimum atomic E-state index is -2.74. The number of carbonyl (C=O) groups excluding carboxylic acids is 2. The molecule has 0 unspecified atom stereocenters. The Balaban J connectivity index is 1.70. The summed E-state index contributed by atoms with van der Waals surface area (Å²) in [4.78, 5) is 31.7. The smallest absolute Gasteiger partial charge is 0.278 e. The van der Waals surface area contributed by atoms with Crippen molar-refractivity contribution >= 4 is 23.3 Å². The number of alkyl halides is 2. The number of benzene rings is 1. The number of nitrogens with one attached hydrogen (secondary N) is 2. The van der Waals surface area contributed by atoms with Crippen LogP contribution in [0.25, 0.3) is 0 Å². The third-order valence-corrected chi connectivity index (χ3v) is 3.91. The summed E-state index contributed by atoms with van der Waals surface area (Å²) in [7, 11) is 0. The van der Waals surface area contributed by atoms with Gasteiger partial charge in [-0.15, -0.1) is 0 Å². The molecular weight excluding hydrogens is 403 g/mol. The molecule has 0 aliphatic rings. The Morgan fingerprint density at radius 2 is 1.93 bits per heavy atom. The van der Waals surface area contributed by atoms with Crippen LogP contribution in [0.3, 0.4) is 0 Å². The Morgan fingerprint density at radius 3 is 2.67 bits per heavy atom. The molecule has 3 rings (SSSR count). The molecule has 0 aliphatic heterocycles. The molecule has 12 heteroatoms. The van der Waals surface area contributed by atoms with Crippen molar-refractivity contribution in [3.63, 3.8) is 0 Å². The van der Waals surface area contributed by atoms with Crippen LogP contribution in [0, 0.1) is 5.82 Å². The second-order valence-electron chi connectivity index (χ2n) is 6.05. The fraction of sp³-hybridized carbons (Fsp3) is 0.167. The van der Waals surface area contributed by atoms with Crippen LogP contribution >= 0.6 is 0 Å². The average Bonchev–Trinajstić information content (AvgIpc) is 3.14. The minimum absolute atomic E-state index is 0.0357. The van der Waals surface area contributed by atoms with Crippen molar-refractivity contribution in [2.75, 3.05) is 17.6 Å². The maximum Gasteiger partial charge on any atom is 0.278 e. The monoisotopic (exact) mass is 419 g/mol. The lowest BCUT2D eigenvalue weighted by atomic mass is 10.1. The van der Waals surface area contributed by atoms with Crippen molar-refractivity contribution < 1.29 is 22.8 Å². The third kappa shape index (κ3) is 4.90. The summed E-state index contributed by atoms with van der Waals surface area (Å²) < 4.78 is 40.4. The molecule has 9 nitrogen and oxygen atoms in total. The van der Waals surface area contributed by atoms with Gasteiger partial charge in [0.25, 0.3) is 18.2 Å². The van der Waals surface area contributed by atoms with E-state index in [0.29, 0.717) is 5.69 Å². The molecule has 2 heterocycles. The van der Waals surface area contributed by atoms with Crippen LogP contribution in [0.2, 0.25) is 0 Å². The molecule has 0 bridgehead atoms. The summed E-state index contributed by atoms with van der Waals surface area (Å²) in [6, 6.07) is 4.05. The van der Waals surface area contributed by atoms with Gasteiger partial charge < -0.3 is 16.4 Å². The zero-order valence-electron chi connectivity index (χ0n) is 15.3. The first-order valence-corrected chi connectivity index (χ1v) is 8.59. The van der Waals surface area contributed by atoms with E-state index in [1.54, 1.807) is 0 Å². The topological polar surface area (TPSA) is 128 Å². The Hall–Kier alpha value is -3.96. The molecular formula is C18H16F3N7O2. The predicted octanol–water partition coefficient (Wildman–Crippen LogP) is 1.69. The summed E-state index contributed by atoms with van der Waals surface area (Å²) in [5, 5.41) is 8.52. The van der Waals surface area contributed by atoms with Crippen molar-refractivity contribution in [2.24, 2.45) is 0 Å². The van der Waals surface area contributed by atoms with Gasteiger partial charge in [-0.05, 0) is 6.07 Å². The fourth-order valence-electron chi connectivity index (χ4n) is 2.55. The van der Waals surface area contributed by atoms with E-state index in [-0.39, 0.29) is 29.2 Å². The first kappa shape index (κ1) is 20.8. The van der Waals surface area contributed by atoms with Crippen molar-refractivity contribution in [3.8, 4) is 0 Å². The second kappa shape index (κ2) is 9.03. The highest BCUT2D eigenvalue weighted by Crippen LogP contribution is 2.16. The number of nitrogens with zero attached hydrogens (tertiary/aromatic N) is 4. The summed E-state index contributed by atoms with van der Waals surface area (Å²) >= 11 is 0. The number of hydrogen-bond acceptors (Lipinski definition) is 6. The molecule has 0 saturated heterocycles. The van der Waals surface area contributed by atoms with E-state index < -0.39 is 30.6 Å². The molecule has 0 radical (unpaired) electrons. The van der Waals surface area contributed by atoms with Crippen LogP contribution in [-0.4, -0.2) is 44.5 Å². The van der Waals surface area contributed by atoms with Gasteiger partial charge in [0.1, 0.15) is 5.82 Å². The van der Waals surface area contributed by atoms with Gasteiger partial charge in [-0.1, -0.05) is 12.1 Å². The Kier molecular flexibility index (Phi) is 6.25. The number of amides is 2. The van der Waals surface area contributed by atoms with E-state index in [9.17, 15) is 22.8 Å². The summed E-state index contributed by atoms with van der Waals surface area (Å²) in [6.07, 6.45) is 2.70. The number of anilines is 2. The largest absolute Gasteiger partial charge is 0.382 e. The normalized spacial score (nSPS) is 10.8. The van der Waals surface area contributed by atoms with Gasteiger partial charge in [0.2, 0.25) is 0 Å². The van der Waals surface area contributed by atoms with Gasteiger partial charge in [-0.2, -0.15) is 5.10 Å². The van der Waals surface area contributed by atoms with E-state index in [1.165, 1.54) is 47.7 Å². The molecule has 1 aromatic carbocycles. The van der Waals surface area contributed by atoms with E-state index in [2.05, 4.69) is 20.4 Å². The van der Waals surface area contributed by atoms with Gasteiger partial charge in [0, 0.05) is 24.2 Å². The number of nitrogen functional groups attached to an aromatic ring is 1. The molecule has 156 valence electrons. The van der Waals surface area contributed by atoms with Gasteiger partial charge >= 0.3 is 0 Å². The van der Waals surface area contributed by atoms with Gasteiger partial charge in [-0.25, -0.2) is 23.1 Å². The maximum atomic E-state index is 14.6. The minimum Gasteiger partial charge on any atom is -0.382 e. The molecule has 3 aromatic rings. The van der Waals surface area contributed by atoms with Crippen LogP contribution in [-0.2, 0) is 6.54 Å². The zero-order chi connectivity index (χ0) is 21.7. The SMILES string of the molecule is Nc1nccnc1C(=O)Nc1cnn(Cc2cccc(C(=O)NCC(F)F)c2F)c1. The molecule has 0 aliphatic carbocycles. The molecule has 0 saturated carbocycles. The number of aromatic nitrogens is 4. The van der Waals surface area contributed by atoms with E-state index in [0.717, 1.165) is 0 Å². The second-order valence-corrected chi connectivity index (χ2v) is 6.05. The standard InChI is InChI=1S/C18H16F3N7O2/c19-13(20)7-25-17(29)12-3-1-2-10(14(12)21)8-28-9-11(6-26-28)27-18(30)15-16(22)24-5-4-23-15/h1-6,9,13H,7-8H2,(H2,22,24)(H,25,29)(H,27,30). The summed E-state index contributed by atoms with van der Waals surface area (Å²) in [5.41, 5.74) is 5.61. The first-order chi connectivity index (χ1) is 14.3. The van der Waals surface area contributed by atoms with E-state index in [4.69, 9.17) is 5.73 Å². The Bertz CT molecular complexity index is 1070. The molecule has 0 fully saturated rings. The maximum absolute atomic E-state index is 14.6. The highest BCUT2D eigenvalue weighted by molar-refractivity contribution is 6.05. The summed E-state index contributed by atoms with van der Waals surface area (Å²) in [5.74, 6) is -2.42. The quantitative estimate of drug-likeness (QED) is 0.535. The predicted molar refractivity (Wildman–Crippen MR) is 100 cm³/mol. The van der Waals surface area contributed by atoms with Gasteiger partial charge in [0.05, 0.1) is 30.5 Å². The van der Waals surface area contributed by atoms with Crippen molar-refractivity contribution in [3.05, 3.63) is 65.6 Å². The molecule has 0 atom stereocenters. The molecule has 2 amide bonds. The van der Waals surface area contributed by atoms with Crippen LogP contribution < -0.4 is 16.4 Å². The van der Waals surface area contributed by atoms with E-state index in [1.807, 2.05) is 5.32 Å². The van der Waals surface area contributed by atoms with Gasteiger partial charge in [0.15, 0.2) is 11.5 Å². The van der Waals surface area contributed by atoms with Crippen LogP contribution in [0.5, 0.6) is 0 Å². The van der Waals surface area contributed by atoms with Crippen LogP contribution in [0.1, 0.15) is 26.4 Å². The molecule has 0 spiro atoms. The number of nitrogens with two attached hydrogens (primary N) is 1. The van der Waals surface area contributed by atoms with Crippen molar-refractivity contribution in [1.82, 2.24) is 25.1 Å².